The maximum Gasteiger partial charge on any atom is 0.251 e. The fraction of sp³-hybridized carbons (Fsp3) is 0.316. The van der Waals surface area contributed by atoms with Crippen molar-refractivity contribution >= 4 is 15.9 Å². The van der Waals surface area contributed by atoms with Crippen LogP contribution >= 0.6 is 0 Å². The van der Waals surface area contributed by atoms with Gasteiger partial charge in [-0.25, -0.2) is 12.8 Å². The van der Waals surface area contributed by atoms with Gasteiger partial charge >= 0.3 is 0 Å². The number of ether oxygens (including phenoxy) is 1. The van der Waals surface area contributed by atoms with Crippen LogP contribution in [0.5, 0.6) is 0 Å². The van der Waals surface area contributed by atoms with E-state index in [-0.39, 0.29) is 35.4 Å². The molecule has 1 fully saturated rings. The SMILES string of the molecule is CC1COCCN1S(=O)(=O)c1cccc(C(=O)NCc2ccc(F)cc2)c1. The number of carbonyl (C=O) groups excluding carboxylic acids is 1. The molecule has 1 amide bonds. The minimum Gasteiger partial charge on any atom is -0.378 e. The molecule has 1 N–H and O–H groups in total. The van der Waals surface area contributed by atoms with Gasteiger partial charge in [-0.05, 0) is 42.8 Å². The number of carbonyl (C=O) groups is 1. The second kappa shape index (κ2) is 8.16. The van der Waals surface area contributed by atoms with E-state index in [9.17, 15) is 17.6 Å². The van der Waals surface area contributed by atoms with Gasteiger partial charge in [0, 0.05) is 24.7 Å². The Hall–Kier alpha value is -2.29. The molecule has 0 radical (unpaired) electrons. The van der Waals surface area contributed by atoms with Gasteiger partial charge in [-0.15, -0.1) is 0 Å². The molecule has 0 bridgehead atoms. The van der Waals surface area contributed by atoms with Crippen molar-refractivity contribution in [3.05, 3.63) is 65.5 Å². The number of morpholine rings is 1. The van der Waals surface area contributed by atoms with Gasteiger partial charge in [-0.1, -0.05) is 18.2 Å². The molecule has 1 heterocycles. The Labute approximate surface area is 158 Å². The van der Waals surface area contributed by atoms with Crippen molar-refractivity contribution in [1.29, 1.82) is 0 Å². The monoisotopic (exact) mass is 392 g/mol. The molecule has 3 rings (SSSR count). The Kier molecular flexibility index (Phi) is 5.88. The summed E-state index contributed by atoms with van der Waals surface area (Å²) in [6, 6.07) is 11.5. The lowest BCUT2D eigenvalue weighted by atomic mass is 10.2. The number of nitrogens with one attached hydrogen (secondary N) is 1. The van der Waals surface area contributed by atoms with Gasteiger partial charge in [-0.3, -0.25) is 4.79 Å². The highest BCUT2D eigenvalue weighted by atomic mass is 32.2. The summed E-state index contributed by atoms with van der Waals surface area (Å²) >= 11 is 0. The molecule has 6 nitrogen and oxygen atoms in total. The zero-order chi connectivity index (χ0) is 19.4. The molecule has 0 aliphatic carbocycles. The Morgan fingerprint density at radius 1 is 1.26 bits per heavy atom. The summed E-state index contributed by atoms with van der Waals surface area (Å²) in [6.45, 7) is 2.98. The summed E-state index contributed by atoms with van der Waals surface area (Å²) < 4.78 is 45.4. The van der Waals surface area contributed by atoms with Crippen molar-refractivity contribution < 1.29 is 22.3 Å². The van der Waals surface area contributed by atoms with Crippen LogP contribution < -0.4 is 5.32 Å². The standard InChI is InChI=1S/C19H21FN2O4S/c1-14-13-26-10-9-22(14)27(24,25)18-4-2-3-16(11-18)19(23)21-12-15-5-7-17(20)8-6-15/h2-8,11,14H,9-10,12-13H2,1H3,(H,21,23). The van der Waals surface area contributed by atoms with Gasteiger partial charge < -0.3 is 10.1 Å². The molecule has 0 spiro atoms. The van der Waals surface area contributed by atoms with Crippen LogP contribution in [-0.4, -0.2) is 44.4 Å². The fourth-order valence-electron chi connectivity index (χ4n) is 2.89. The molecule has 1 saturated heterocycles. The molecule has 2 aromatic rings. The van der Waals surface area contributed by atoms with Crippen molar-refractivity contribution in [3.63, 3.8) is 0 Å². The summed E-state index contributed by atoms with van der Waals surface area (Å²) in [7, 11) is -3.71. The Balaban J connectivity index is 1.74. The highest BCUT2D eigenvalue weighted by Gasteiger charge is 2.31. The molecule has 0 saturated carbocycles. The van der Waals surface area contributed by atoms with Crippen molar-refractivity contribution in [3.8, 4) is 0 Å². The number of nitrogens with zero attached hydrogens (tertiary/aromatic N) is 1. The Morgan fingerprint density at radius 2 is 2.00 bits per heavy atom. The maximum atomic E-state index is 12.9. The summed E-state index contributed by atoms with van der Waals surface area (Å²) in [6.07, 6.45) is 0. The van der Waals surface area contributed by atoms with Gasteiger partial charge in [0.25, 0.3) is 5.91 Å². The molecule has 27 heavy (non-hydrogen) atoms. The van der Waals surface area contributed by atoms with Gasteiger partial charge in [0.05, 0.1) is 18.1 Å². The zero-order valence-corrected chi connectivity index (χ0v) is 15.7. The minimum absolute atomic E-state index is 0.0747. The molecule has 1 unspecified atom stereocenters. The van der Waals surface area contributed by atoms with Crippen molar-refractivity contribution in [2.75, 3.05) is 19.8 Å². The Bertz CT molecular complexity index is 916. The number of hydrogen-bond acceptors (Lipinski definition) is 4. The van der Waals surface area contributed by atoms with Gasteiger partial charge in [0.1, 0.15) is 5.82 Å². The average Bonchev–Trinajstić information content (AvgIpc) is 2.67. The van der Waals surface area contributed by atoms with Gasteiger partial charge in [0.2, 0.25) is 10.0 Å². The molecule has 2 aromatic carbocycles. The summed E-state index contributed by atoms with van der Waals surface area (Å²) in [5.41, 5.74) is 0.995. The first-order chi connectivity index (χ1) is 12.9. The lowest BCUT2D eigenvalue weighted by molar-refractivity contribution is 0.0392. The van der Waals surface area contributed by atoms with Crippen LogP contribution in [0.2, 0.25) is 0 Å². The van der Waals surface area contributed by atoms with Crippen LogP contribution in [0.15, 0.2) is 53.4 Å². The number of halogens is 1. The summed E-state index contributed by atoms with van der Waals surface area (Å²) in [5.74, 6) is -0.744. The first-order valence-corrected chi connectivity index (χ1v) is 10.0. The predicted molar refractivity (Wildman–Crippen MR) is 98.2 cm³/mol. The van der Waals surface area contributed by atoms with E-state index < -0.39 is 15.9 Å². The third-order valence-electron chi connectivity index (χ3n) is 4.38. The molecule has 144 valence electrons. The van der Waals surface area contributed by atoms with E-state index in [4.69, 9.17) is 4.74 Å². The fourth-order valence-corrected chi connectivity index (χ4v) is 4.54. The second-order valence-electron chi connectivity index (χ2n) is 6.38. The third-order valence-corrected chi connectivity index (χ3v) is 6.39. The molecule has 1 aliphatic heterocycles. The quantitative estimate of drug-likeness (QED) is 0.846. The second-order valence-corrected chi connectivity index (χ2v) is 8.27. The van der Waals surface area contributed by atoms with E-state index in [1.54, 1.807) is 31.2 Å². The molecule has 1 atom stereocenters. The topological polar surface area (TPSA) is 75.7 Å². The van der Waals surface area contributed by atoms with Crippen LogP contribution in [0.4, 0.5) is 4.39 Å². The molecule has 0 aromatic heterocycles. The zero-order valence-electron chi connectivity index (χ0n) is 14.9. The molecular weight excluding hydrogens is 371 g/mol. The van der Waals surface area contributed by atoms with Crippen molar-refractivity contribution in [1.82, 2.24) is 9.62 Å². The van der Waals surface area contributed by atoms with Crippen LogP contribution in [0.3, 0.4) is 0 Å². The number of hydrogen-bond donors (Lipinski definition) is 1. The van der Waals surface area contributed by atoms with Crippen LogP contribution in [0, 0.1) is 5.82 Å². The maximum absolute atomic E-state index is 12.9. The van der Waals surface area contributed by atoms with Gasteiger partial charge in [-0.2, -0.15) is 4.31 Å². The third kappa shape index (κ3) is 4.52. The highest BCUT2D eigenvalue weighted by molar-refractivity contribution is 7.89. The summed E-state index contributed by atoms with van der Waals surface area (Å²) in [5, 5.41) is 2.71. The summed E-state index contributed by atoms with van der Waals surface area (Å²) in [4.78, 5) is 12.5. The van der Waals surface area contributed by atoms with E-state index >= 15 is 0 Å². The number of sulfonamides is 1. The first-order valence-electron chi connectivity index (χ1n) is 8.60. The number of benzene rings is 2. The van der Waals surface area contributed by atoms with Crippen molar-refractivity contribution in [2.24, 2.45) is 0 Å². The van der Waals surface area contributed by atoms with E-state index in [0.717, 1.165) is 5.56 Å². The number of rotatable bonds is 5. The highest BCUT2D eigenvalue weighted by Crippen LogP contribution is 2.21. The van der Waals surface area contributed by atoms with E-state index in [0.29, 0.717) is 13.2 Å². The van der Waals surface area contributed by atoms with Crippen LogP contribution in [0.1, 0.15) is 22.8 Å². The van der Waals surface area contributed by atoms with Crippen LogP contribution in [0.25, 0.3) is 0 Å². The Morgan fingerprint density at radius 3 is 2.70 bits per heavy atom. The van der Waals surface area contributed by atoms with Gasteiger partial charge in [0.15, 0.2) is 0 Å². The predicted octanol–water partition coefficient (Wildman–Crippen LogP) is 2.17. The lowest BCUT2D eigenvalue weighted by Crippen LogP contribution is -2.46. The van der Waals surface area contributed by atoms with E-state index in [1.165, 1.54) is 28.6 Å². The normalized spacial score (nSPS) is 18.2. The van der Waals surface area contributed by atoms with E-state index in [1.807, 2.05) is 0 Å². The lowest BCUT2D eigenvalue weighted by Gasteiger charge is -2.32. The minimum atomic E-state index is -3.71. The van der Waals surface area contributed by atoms with Crippen LogP contribution in [-0.2, 0) is 21.3 Å². The molecule has 8 heteroatoms. The smallest absolute Gasteiger partial charge is 0.251 e. The number of amides is 1. The first kappa shape index (κ1) is 19.5. The molecular formula is C19H21FN2O4S. The van der Waals surface area contributed by atoms with E-state index in [2.05, 4.69) is 5.32 Å². The van der Waals surface area contributed by atoms with Crippen molar-refractivity contribution in [2.45, 2.75) is 24.4 Å². The largest absolute Gasteiger partial charge is 0.378 e. The molecule has 1 aliphatic rings. The average molecular weight is 392 g/mol.